The molecule has 0 aliphatic carbocycles. The number of anilines is 1. The first kappa shape index (κ1) is 7.92. The van der Waals surface area contributed by atoms with Gasteiger partial charge in [0.05, 0.1) is 5.69 Å². The summed E-state index contributed by atoms with van der Waals surface area (Å²) in [6.07, 6.45) is 0. The van der Waals surface area contributed by atoms with E-state index in [0.29, 0.717) is 0 Å². The molecule has 2 aromatic rings. The molecule has 0 unspecified atom stereocenters. The van der Waals surface area contributed by atoms with Gasteiger partial charge in [0.15, 0.2) is 0 Å². The predicted molar refractivity (Wildman–Crippen MR) is 55.4 cm³/mol. The summed E-state index contributed by atoms with van der Waals surface area (Å²) in [4.78, 5) is 3.24. The molecule has 0 amide bonds. The van der Waals surface area contributed by atoms with E-state index in [2.05, 4.69) is 17.1 Å². The lowest BCUT2D eigenvalue weighted by atomic mass is 10.2. The molecular formula is C11H12N2. The average Bonchev–Trinajstić information content (AvgIpc) is 2.49. The maximum Gasteiger partial charge on any atom is 0.0528 e. The first-order valence-corrected chi connectivity index (χ1v) is 4.28. The molecule has 1 aromatic carbocycles. The molecule has 0 bridgehead atoms. The van der Waals surface area contributed by atoms with Crippen molar-refractivity contribution in [3.63, 3.8) is 0 Å². The second kappa shape index (κ2) is 2.98. The molecule has 0 aliphatic heterocycles. The van der Waals surface area contributed by atoms with Crippen LogP contribution in [0.15, 0.2) is 36.4 Å². The lowest BCUT2D eigenvalue weighted by Crippen LogP contribution is -1.82. The van der Waals surface area contributed by atoms with Gasteiger partial charge in [-0.1, -0.05) is 30.3 Å². The Morgan fingerprint density at radius 1 is 1.15 bits per heavy atom. The lowest BCUT2D eigenvalue weighted by Gasteiger charge is -1.95. The van der Waals surface area contributed by atoms with Gasteiger partial charge in [0.25, 0.3) is 0 Å². The topological polar surface area (TPSA) is 41.8 Å². The van der Waals surface area contributed by atoms with Crippen LogP contribution in [0.2, 0.25) is 0 Å². The van der Waals surface area contributed by atoms with E-state index >= 15 is 0 Å². The molecule has 0 atom stereocenters. The van der Waals surface area contributed by atoms with Crippen molar-refractivity contribution in [3.8, 4) is 11.3 Å². The Balaban J connectivity index is 2.48. The van der Waals surface area contributed by atoms with Crippen molar-refractivity contribution in [3.05, 3.63) is 42.1 Å². The Morgan fingerprint density at radius 3 is 2.38 bits per heavy atom. The summed E-state index contributed by atoms with van der Waals surface area (Å²) < 4.78 is 0. The number of hydrogen-bond acceptors (Lipinski definition) is 1. The minimum Gasteiger partial charge on any atom is -0.397 e. The molecule has 2 heteroatoms. The monoisotopic (exact) mass is 172 g/mol. The summed E-state index contributed by atoms with van der Waals surface area (Å²) >= 11 is 0. The third-order valence-electron chi connectivity index (χ3n) is 2.14. The van der Waals surface area contributed by atoms with Crippen LogP contribution in [0, 0.1) is 6.92 Å². The molecule has 2 nitrogen and oxygen atoms in total. The van der Waals surface area contributed by atoms with Crippen LogP contribution < -0.4 is 5.73 Å². The lowest BCUT2D eigenvalue weighted by molar-refractivity contribution is 1.27. The van der Waals surface area contributed by atoms with Gasteiger partial charge in [0.2, 0.25) is 0 Å². The highest BCUT2D eigenvalue weighted by atomic mass is 14.8. The van der Waals surface area contributed by atoms with E-state index in [1.807, 2.05) is 31.2 Å². The Labute approximate surface area is 77.4 Å². The third-order valence-corrected chi connectivity index (χ3v) is 2.14. The summed E-state index contributed by atoms with van der Waals surface area (Å²) in [5.74, 6) is 0. The molecule has 66 valence electrons. The summed E-state index contributed by atoms with van der Waals surface area (Å²) in [5, 5.41) is 0. The van der Waals surface area contributed by atoms with Crippen molar-refractivity contribution in [2.24, 2.45) is 0 Å². The van der Waals surface area contributed by atoms with E-state index in [4.69, 9.17) is 5.73 Å². The molecule has 3 N–H and O–H groups in total. The van der Waals surface area contributed by atoms with Crippen molar-refractivity contribution < 1.29 is 0 Å². The van der Waals surface area contributed by atoms with Gasteiger partial charge in [-0.2, -0.15) is 0 Å². The maximum absolute atomic E-state index is 5.75. The fourth-order valence-electron chi connectivity index (χ4n) is 1.35. The van der Waals surface area contributed by atoms with Crippen LogP contribution in [0.4, 0.5) is 5.69 Å². The van der Waals surface area contributed by atoms with Crippen LogP contribution in [0.25, 0.3) is 11.3 Å². The second-order valence-corrected chi connectivity index (χ2v) is 3.13. The van der Waals surface area contributed by atoms with Gasteiger partial charge < -0.3 is 10.7 Å². The number of aromatic nitrogens is 1. The van der Waals surface area contributed by atoms with Gasteiger partial charge in [-0.3, -0.25) is 0 Å². The average molecular weight is 172 g/mol. The Bertz CT molecular complexity index is 382. The normalized spacial score (nSPS) is 10.2. The van der Waals surface area contributed by atoms with Crippen molar-refractivity contribution in [2.45, 2.75) is 6.92 Å². The van der Waals surface area contributed by atoms with Crippen molar-refractivity contribution >= 4 is 5.69 Å². The summed E-state index contributed by atoms with van der Waals surface area (Å²) in [7, 11) is 0. The maximum atomic E-state index is 5.75. The highest BCUT2D eigenvalue weighted by Gasteiger charge is 2.01. The van der Waals surface area contributed by atoms with E-state index in [9.17, 15) is 0 Å². The first-order chi connectivity index (χ1) is 6.27. The van der Waals surface area contributed by atoms with Crippen LogP contribution in [0.1, 0.15) is 5.69 Å². The van der Waals surface area contributed by atoms with E-state index in [1.54, 1.807) is 0 Å². The number of rotatable bonds is 1. The van der Waals surface area contributed by atoms with Gasteiger partial charge in [-0.05, 0) is 18.6 Å². The number of hydrogen-bond donors (Lipinski definition) is 2. The quantitative estimate of drug-likeness (QED) is 0.682. The third kappa shape index (κ3) is 1.43. The smallest absolute Gasteiger partial charge is 0.0528 e. The zero-order valence-electron chi connectivity index (χ0n) is 7.54. The van der Waals surface area contributed by atoms with Crippen LogP contribution in [-0.2, 0) is 0 Å². The van der Waals surface area contributed by atoms with Gasteiger partial charge in [-0.25, -0.2) is 0 Å². The first-order valence-electron chi connectivity index (χ1n) is 4.28. The van der Waals surface area contributed by atoms with Crippen LogP contribution >= 0.6 is 0 Å². The van der Waals surface area contributed by atoms with Crippen molar-refractivity contribution in [1.82, 2.24) is 4.98 Å². The minimum atomic E-state index is 0.818. The van der Waals surface area contributed by atoms with E-state index in [-0.39, 0.29) is 0 Å². The molecule has 13 heavy (non-hydrogen) atoms. The summed E-state index contributed by atoms with van der Waals surface area (Å²) in [6.45, 7) is 1.97. The Hall–Kier alpha value is -1.70. The summed E-state index contributed by atoms with van der Waals surface area (Å²) in [6, 6.07) is 12.1. The standard InChI is InChI=1S/C11H12N2/c1-8-10(12)7-11(13-8)9-5-3-2-4-6-9/h2-7,13H,12H2,1H3. The van der Waals surface area contributed by atoms with Crippen molar-refractivity contribution in [1.29, 1.82) is 0 Å². The molecule has 0 spiro atoms. The number of nitrogens with one attached hydrogen (secondary N) is 1. The molecule has 0 saturated heterocycles. The van der Waals surface area contributed by atoms with E-state index < -0.39 is 0 Å². The van der Waals surface area contributed by atoms with Crippen LogP contribution in [0.5, 0.6) is 0 Å². The van der Waals surface area contributed by atoms with E-state index in [0.717, 1.165) is 17.1 Å². The largest absolute Gasteiger partial charge is 0.397 e. The SMILES string of the molecule is Cc1[nH]c(-c2ccccc2)cc1N. The zero-order valence-corrected chi connectivity index (χ0v) is 7.54. The summed E-state index contributed by atoms with van der Waals surface area (Å²) in [5.41, 5.74) is 9.84. The van der Waals surface area contributed by atoms with Crippen LogP contribution in [-0.4, -0.2) is 4.98 Å². The Kier molecular flexibility index (Phi) is 1.81. The number of nitrogen functional groups attached to an aromatic ring is 1. The highest BCUT2D eigenvalue weighted by Crippen LogP contribution is 2.22. The number of benzene rings is 1. The molecule has 0 saturated carbocycles. The fourth-order valence-corrected chi connectivity index (χ4v) is 1.35. The zero-order chi connectivity index (χ0) is 9.26. The molecular weight excluding hydrogens is 160 g/mol. The van der Waals surface area contributed by atoms with Crippen LogP contribution in [0.3, 0.4) is 0 Å². The van der Waals surface area contributed by atoms with Gasteiger partial charge in [-0.15, -0.1) is 0 Å². The number of aryl methyl sites for hydroxylation is 1. The molecule has 2 rings (SSSR count). The fraction of sp³-hybridized carbons (Fsp3) is 0.0909. The minimum absolute atomic E-state index is 0.818. The van der Waals surface area contributed by atoms with Crippen molar-refractivity contribution in [2.75, 3.05) is 5.73 Å². The van der Waals surface area contributed by atoms with Gasteiger partial charge in [0.1, 0.15) is 0 Å². The number of nitrogens with two attached hydrogens (primary N) is 1. The molecule has 1 heterocycles. The van der Waals surface area contributed by atoms with E-state index in [1.165, 1.54) is 5.56 Å². The number of H-pyrrole nitrogens is 1. The number of aromatic amines is 1. The molecule has 0 radical (unpaired) electrons. The second-order valence-electron chi connectivity index (χ2n) is 3.13. The molecule has 0 fully saturated rings. The molecule has 0 aliphatic rings. The van der Waals surface area contributed by atoms with Gasteiger partial charge >= 0.3 is 0 Å². The van der Waals surface area contributed by atoms with Gasteiger partial charge in [0, 0.05) is 11.4 Å². The molecule has 1 aromatic heterocycles. The Morgan fingerprint density at radius 2 is 1.85 bits per heavy atom. The predicted octanol–water partition coefficient (Wildman–Crippen LogP) is 2.57. The highest BCUT2D eigenvalue weighted by molar-refractivity contribution is 5.65.